The lowest BCUT2D eigenvalue weighted by Crippen LogP contribution is -2.39. The molecular weight excluding hydrogens is 278 g/mol. The second kappa shape index (κ2) is 6.29. The first kappa shape index (κ1) is 14.7. The highest BCUT2D eigenvalue weighted by Crippen LogP contribution is 2.14. The van der Waals surface area contributed by atoms with E-state index in [2.05, 4.69) is 9.88 Å². The Labute approximate surface area is 129 Å². The molecular formula is C16H21N5O. The molecule has 2 aromatic rings. The fraction of sp³-hybridized carbons (Fsp3) is 0.375. The van der Waals surface area contributed by atoms with Crippen LogP contribution in [0.15, 0.2) is 41.3 Å². The van der Waals surface area contributed by atoms with E-state index in [-0.39, 0.29) is 11.5 Å². The van der Waals surface area contributed by atoms with Crippen molar-refractivity contribution in [2.24, 2.45) is 5.73 Å². The van der Waals surface area contributed by atoms with Gasteiger partial charge >= 0.3 is 5.69 Å². The van der Waals surface area contributed by atoms with Gasteiger partial charge in [0.15, 0.2) is 0 Å². The molecule has 0 saturated carbocycles. The molecule has 2 heterocycles. The van der Waals surface area contributed by atoms with Crippen LogP contribution < -0.4 is 17.2 Å². The van der Waals surface area contributed by atoms with Gasteiger partial charge in [-0.25, -0.2) is 4.79 Å². The zero-order valence-corrected chi connectivity index (χ0v) is 12.5. The summed E-state index contributed by atoms with van der Waals surface area (Å²) in [5, 5.41) is 0. The van der Waals surface area contributed by atoms with Gasteiger partial charge in [-0.1, -0.05) is 12.1 Å². The summed E-state index contributed by atoms with van der Waals surface area (Å²) in [7, 11) is 0. The molecule has 0 bridgehead atoms. The summed E-state index contributed by atoms with van der Waals surface area (Å²) in [4.78, 5) is 18.0. The number of likely N-dealkylation sites (tertiary alicyclic amines) is 1. The number of anilines is 1. The lowest BCUT2D eigenvalue weighted by atomic mass is 10.1. The molecule has 6 heteroatoms. The molecule has 1 aromatic carbocycles. The van der Waals surface area contributed by atoms with Gasteiger partial charge in [0.2, 0.25) is 0 Å². The number of aromatic nitrogens is 2. The third kappa shape index (κ3) is 3.35. The average molecular weight is 299 g/mol. The molecule has 6 nitrogen and oxygen atoms in total. The Kier molecular flexibility index (Phi) is 4.22. The van der Waals surface area contributed by atoms with Gasteiger partial charge in [0.25, 0.3) is 0 Å². The third-order valence-electron chi connectivity index (χ3n) is 4.08. The first-order valence-corrected chi connectivity index (χ1v) is 7.54. The maximum absolute atomic E-state index is 11.8. The van der Waals surface area contributed by atoms with Crippen molar-refractivity contribution < 1.29 is 0 Å². The Hall–Kier alpha value is -2.18. The van der Waals surface area contributed by atoms with Crippen LogP contribution in [0.4, 0.5) is 5.82 Å². The van der Waals surface area contributed by atoms with Crippen LogP contribution in [0.2, 0.25) is 0 Å². The SMILES string of the molecule is Nc1ccn(-c2ccc(CN3CCC(N)CC3)cc2)c(=O)n1. The number of nitrogen functional groups attached to an aromatic ring is 1. The van der Waals surface area contributed by atoms with Crippen molar-refractivity contribution in [1.82, 2.24) is 14.5 Å². The Bertz CT molecular complexity index is 686. The molecule has 1 aliphatic heterocycles. The van der Waals surface area contributed by atoms with Crippen molar-refractivity contribution in [2.45, 2.75) is 25.4 Å². The molecule has 0 aliphatic carbocycles. The number of hydrogen-bond acceptors (Lipinski definition) is 5. The van der Waals surface area contributed by atoms with Crippen LogP contribution in [0, 0.1) is 0 Å². The van der Waals surface area contributed by atoms with Gasteiger partial charge in [0, 0.05) is 18.8 Å². The minimum atomic E-state index is -0.363. The van der Waals surface area contributed by atoms with Crippen LogP contribution in [0.25, 0.3) is 5.69 Å². The third-order valence-corrected chi connectivity index (χ3v) is 4.08. The van der Waals surface area contributed by atoms with Crippen LogP contribution in [-0.2, 0) is 6.54 Å². The first-order valence-electron chi connectivity index (χ1n) is 7.54. The molecule has 4 N–H and O–H groups in total. The van der Waals surface area contributed by atoms with E-state index in [1.54, 1.807) is 12.3 Å². The molecule has 1 aliphatic rings. The molecule has 22 heavy (non-hydrogen) atoms. The van der Waals surface area contributed by atoms with E-state index in [0.717, 1.165) is 38.2 Å². The van der Waals surface area contributed by atoms with E-state index < -0.39 is 0 Å². The highest BCUT2D eigenvalue weighted by Gasteiger charge is 2.15. The minimum absolute atomic E-state index is 0.237. The highest BCUT2D eigenvalue weighted by atomic mass is 16.1. The Morgan fingerprint density at radius 1 is 1.14 bits per heavy atom. The van der Waals surface area contributed by atoms with Crippen molar-refractivity contribution in [2.75, 3.05) is 18.8 Å². The molecule has 1 aromatic heterocycles. The summed E-state index contributed by atoms with van der Waals surface area (Å²) in [6.07, 6.45) is 3.76. The Morgan fingerprint density at radius 3 is 2.45 bits per heavy atom. The fourth-order valence-electron chi connectivity index (χ4n) is 2.74. The van der Waals surface area contributed by atoms with Gasteiger partial charge in [-0.05, 0) is 49.7 Å². The van der Waals surface area contributed by atoms with Crippen molar-refractivity contribution in [1.29, 1.82) is 0 Å². The molecule has 0 spiro atoms. The zero-order valence-electron chi connectivity index (χ0n) is 12.5. The van der Waals surface area contributed by atoms with E-state index in [9.17, 15) is 4.79 Å². The number of piperidine rings is 1. The fourth-order valence-corrected chi connectivity index (χ4v) is 2.74. The van der Waals surface area contributed by atoms with Crippen molar-refractivity contribution in [3.63, 3.8) is 0 Å². The predicted octanol–water partition coefficient (Wildman–Crippen LogP) is 0.738. The van der Waals surface area contributed by atoms with Gasteiger partial charge in [0.05, 0.1) is 5.69 Å². The number of benzene rings is 1. The standard InChI is InChI=1S/C16H21N5O/c17-13-5-8-20(9-6-13)11-12-1-3-14(4-2-12)21-10-7-15(18)19-16(21)22/h1-4,7,10,13H,5-6,8-9,11,17H2,(H2,18,19,22). The quantitative estimate of drug-likeness (QED) is 0.872. The topological polar surface area (TPSA) is 90.2 Å². The molecule has 3 rings (SSSR count). The molecule has 0 unspecified atom stereocenters. The molecule has 0 radical (unpaired) electrons. The summed E-state index contributed by atoms with van der Waals surface area (Å²) in [5.41, 5.74) is 13.1. The second-order valence-electron chi connectivity index (χ2n) is 5.79. The van der Waals surface area contributed by atoms with Gasteiger partial charge in [-0.2, -0.15) is 4.98 Å². The summed E-state index contributed by atoms with van der Waals surface area (Å²) in [6, 6.07) is 9.93. The smallest absolute Gasteiger partial charge is 0.354 e. The number of hydrogen-bond donors (Lipinski definition) is 2. The number of nitrogens with two attached hydrogens (primary N) is 2. The first-order chi connectivity index (χ1) is 10.6. The maximum Gasteiger partial charge on any atom is 0.354 e. The molecule has 1 saturated heterocycles. The van der Waals surface area contributed by atoms with Gasteiger partial charge in [-0.3, -0.25) is 9.47 Å². The molecule has 116 valence electrons. The average Bonchev–Trinajstić information content (AvgIpc) is 2.51. The van der Waals surface area contributed by atoms with E-state index >= 15 is 0 Å². The lowest BCUT2D eigenvalue weighted by molar-refractivity contribution is 0.205. The molecule has 0 atom stereocenters. The van der Waals surface area contributed by atoms with Crippen LogP contribution in [0.5, 0.6) is 0 Å². The minimum Gasteiger partial charge on any atom is -0.383 e. The van der Waals surface area contributed by atoms with Gasteiger partial charge in [0.1, 0.15) is 5.82 Å². The van der Waals surface area contributed by atoms with E-state index in [1.807, 2.05) is 24.3 Å². The Balaban J connectivity index is 1.71. The van der Waals surface area contributed by atoms with E-state index in [0.29, 0.717) is 6.04 Å². The van der Waals surface area contributed by atoms with Crippen molar-refractivity contribution in [3.05, 3.63) is 52.6 Å². The number of nitrogens with zero attached hydrogens (tertiary/aromatic N) is 3. The van der Waals surface area contributed by atoms with Gasteiger partial charge < -0.3 is 11.5 Å². The second-order valence-corrected chi connectivity index (χ2v) is 5.79. The van der Waals surface area contributed by atoms with Gasteiger partial charge in [-0.15, -0.1) is 0 Å². The van der Waals surface area contributed by atoms with E-state index in [4.69, 9.17) is 11.5 Å². The lowest BCUT2D eigenvalue weighted by Gasteiger charge is -2.30. The van der Waals surface area contributed by atoms with Crippen LogP contribution in [-0.4, -0.2) is 33.6 Å². The molecule has 0 amide bonds. The summed E-state index contributed by atoms with van der Waals surface area (Å²) in [6.45, 7) is 3.01. The molecule has 1 fully saturated rings. The highest BCUT2D eigenvalue weighted by molar-refractivity contribution is 5.36. The summed E-state index contributed by atoms with van der Waals surface area (Å²) >= 11 is 0. The van der Waals surface area contributed by atoms with Crippen LogP contribution in [0.1, 0.15) is 18.4 Å². The zero-order chi connectivity index (χ0) is 15.5. The van der Waals surface area contributed by atoms with E-state index in [1.165, 1.54) is 10.1 Å². The Morgan fingerprint density at radius 2 is 1.82 bits per heavy atom. The summed E-state index contributed by atoms with van der Waals surface area (Å²) in [5.74, 6) is 0.237. The van der Waals surface area contributed by atoms with Crippen LogP contribution >= 0.6 is 0 Å². The summed E-state index contributed by atoms with van der Waals surface area (Å²) < 4.78 is 1.49. The van der Waals surface area contributed by atoms with Crippen molar-refractivity contribution >= 4 is 5.82 Å². The normalized spacial score (nSPS) is 16.8. The largest absolute Gasteiger partial charge is 0.383 e. The monoisotopic (exact) mass is 299 g/mol. The predicted molar refractivity (Wildman–Crippen MR) is 86.7 cm³/mol. The van der Waals surface area contributed by atoms with Crippen molar-refractivity contribution in [3.8, 4) is 5.69 Å². The number of rotatable bonds is 3. The maximum atomic E-state index is 11.8. The van der Waals surface area contributed by atoms with Crippen LogP contribution in [0.3, 0.4) is 0 Å².